The molecule has 9 heteroatoms. The second-order valence-electron chi connectivity index (χ2n) is 8.04. The summed E-state index contributed by atoms with van der Waals surface area (Å²) in [5.41, 5.74) is 1.91. The molecular weight excluding hydrogens is 488 g/mol. The molecule has 7 nitrogen and oxygen atoms in total. The van der Waals surface area contributed by atoms with Crippen LogP contribution in [-0.2, 0) is 32.5 Å². The van der Waals surface area contributed by atoms with Gasteiger partial charge in [-0.25, -0.2) is 17.5 Å². The Hall–Kier alpha value is -3.20. The van der Waals surface area contributed by atoms with Gasteiger partial charge in [0.1, 0.15) is 0 Å². The van der Waals surface area contributed by atoms with Crippen molar-refractivity contribution in [3.63, 3.8) is 0 Å². The van der Waals surface area contributed by atoms with Crippen LogP contribution < -0.4 is 0 Å². The van der Waals surface area contributed by atoms with Crippen LogP contribution in [0.1, 0.15) is 21.5 Å². The average molecular weight is 515 g/mol. The van der Waals surface area contributed by atoms with Crippen LogP contribution in [-0.4, -0.2) is 56.7 Å². The van der Waals surface area contributed by atoms with E-state index >= 15 is 0 Å². The summed E-state index contributed by atoms with van der Waals surface area (Å²) >= 11 is 6.12. The number of nitrogens with zero attached hydrogens (tertiary/aromatic N) is 2. The maximum absolute atomic E-state index is 13.0. The van der Waals surface area contributed by atoms with Gasteiger partial charge in [-0.2, -0.15) is 0 Å². The summed E-state index contributed by atoms with van der Waals surface area (Å²) in [6.07, 6.45) is 0.642. The van der Waals surface area contributed by atoms with Gasteiger partial charge in [-0.15, -0.1) is 0 Å². The first kappa shape index (κ1) is 26.4. The molecule has 184 valence electrons. The Balaban J connectivity index is 1.72. The highest BCUT2D eigenvalue weighted by atomic mass is 35.5. The number of carbonyl (C=O) groups excluding carboxylic acids is 2. The van der Waals surface area contributed by atoms with Crippen molar-refractivity contribution in [3.8, 4) is 0 Å². The number of rotatable bonds is 10. The van der Waals surface area contributed by atoms with Gasteiger partial charge >= 0.3 is 5.97 Å². The molecule has 3 aromatic carbocycles. The Bertz CT molecular complexity index is 1270. The van der Waals surface area contributed by atoms with Crippen molar-refractivity contribution in [2.75, 3.05) is 27.2 Å². The number of ether oxygens (including phenoxy) is 1. The third kappa shape index (κ3) is 7.14. The number of sulfonamides is 1. The number of hydrogen-bond acceptors (Lipinski definition) is 5. The molecule has 0 radical (unpaired) electrons. The molecule has 0 saturated carbocycles. The molecule has 0 unspecified atom stereocenters. The zero-order valence-corrected chi connectivity index (χ0v) is 21.1. The lowest BCUT2D eigenvalue weighted by Gasteiger charge is -2.23. The summed E-state index contributed by atoms with van der Waals surface area (Å²) in [4.78, 5) is 27.2. The second-order valence-corrected chi connectivity index (χ2v) is 10.6. The first-order chi connectivity index (χ1) is 16.7. The van der Waals surface area contributed by atoms with Crippen LogP contribution in [0.4, 0.5) is 0 Å². The lowest BCUT2D eigenvalue weighted by molar-refractivity contribution is -0.135. The quantitative estimate of drug-likeness (QED) is 0.382. The van der Waals surface area contributed by atoms with Crippen LogP contribution in [0.15, 0.2) is 83.8 Å². The van der Waals surface area contributed by atoms with E-state index in [4.69, 9.17) is 16.3 Å². The number of amides is 1. The van der Waals surface area contributed by atoms with Crippen LogP contribution in [0, 0.1) is 0 Å². The highest BCUT2D eigenvalue weighted by Gasteiger charge is 2.23. The molecule has 0 saturated heterocycles. The molecule has 0 heterocycles. The van der Waals surface area contributed by atoms with Gasteiger partial charge in [0.15, 0.2) is 6.61 Å². The van der Waals surface area contributed by atoms with E-state index in [9.17, 15) is 18.0 Å². The van der Waals surface area contributed by atoms with Crippen molar-refractivity contribution in [1.82, 2.24) is 9.21 Å². The predicted octanol–water partition coefficient (Wildman–Crippen LogP) is 4.02. The Morgan fingerprint density at radius 2 is 1.49 bits per heavy atom. The number of halogens is 1. The van der Waals surface area contributed by atoms with Gasteiger partial charge in [0, 0.05) is 27.2 Å². The van der Waals surface area contributed by atoms with Gasteiger partial charge in [0.25, 0.3) is 5.91 Å². The van der Waals surface area contributed by atoms with Gasteiger partial charge in [-0.05, 0) is 35.7 Å². The molecule has 3 aromatic rings. The van der Waals surface area contributed by atoms with E-state index in [2.05, 4.69) is 0 Å². The second kappa shape index (κ2) is 12.0. The predicted molar refractivity (Wildman–Crippen MR) is 135 cm³/mol. The summed E-state index contributed by atoms with van der Waals surface area (Å²) in [6.45, 7) is 0.301. The fourth-order valence-corrected chi connectivity index (χ4v) is 4.46. The maximum atomic E-state index is 13.0. The van der Waals surface area contributed by atoms with Crippen LogP contribution in [0.5, 0.6) is 0 Å². The minimum absolute atomic E-state index is 0.0328. The molecule has 0 spiro atoms. The number of benzene rings is 3. The standard InChI is InChI=1S/C26H27ClN2O5S/c1-28(2)35(32,33)22-13-14-24(27)23(17-22)26(31)34-19-25(30)29(18-21-11-7-4-8-12-21)16-15-20-9-5-3-6-10-20/h3-14,17H,15-16,18-19H2,1-2H3. The molecule has 0 aromatic heterocycles. The van der Waals surface area contributed by atoms with Crippen LogP contribution >= 0.6 is 11.6 Å². The number of hydrogen-bond donors (Lipinski definition) is 0. The Labute approximate surface area is 210 Å². The van der Waals surface area contributed by atoms with Crippen LogP contribution in [0.25, 0.3) is 0 Å². The van der Waals surface area contributed by atoms with Crippen molar-refractivity contribution in [2.45, 2.75) is 17.9 Å². The lowest BCUT2D eigenvalue weighted by Crippen LogP contribution is -2.36. The Morgan fingerprint density at radius 1 is 0.886 bits per heavy atom. The van der Waals surface area contributed by atoms with E-state index in [0.717, 1.165) is 21.5 Å². The van der Waals surface area contributed by atoms with Crippen LogP contribution in [0.3, 0.4) is 0 Å². The SMILES string of the molecule is CN(C)S(=O)(=O)c1ccc(Cl)c(C(=O)OCC(=O)N(CCc2ccccc2)Cc2ccccc2)c1. The molecule has 0 bridgehead atoms. The summed E-state index contributed by atoms with van der Waals surface area (Å²) in [6, 6.07) is 23.1. The molecule has 0 N–H and O–H groups in total. The topological polar surface area (TPSA) is 84.0 Å². The average Bonchev–Trinajstić information content (AvgIpc) is 2.86. The highest BCUT2D eigenvalue weighted by Crippen LogP contribution is 2.23. The summed E-state index contributed by atoms with van der Waals surface area (Å²) < 4.78 is 31.1. The normalized spacial score (nSPS) is 11.3. The fraction of sp³-hybridized carbons (Fsp3) is 0.231. The van der Waals surface area contributed by atoms with Gasteiger partial charge in [-0.1, -0.05) is 72.3 Å². The lowest BCUT2D eigenvalue weighted by atomic mass is 10.1. The highest BCUT2D eigenvalue weighted by molar-refractivity contribution is 7.89. The van der Waals surface area contributed by atoms with Crippen LogP contribution in [0.2, 0.25) is 5.02 Å². The van der Waals surface area contributed by atoms with Crippen molar-refractivity contribution in [2.24, 2.45) is 0 Å². The zero-order chi connectivity index (χ0) is 25.4. The van der Waals surface area contributed by atoms with Gasteiger partial charge in [-0.3, -0.25) is 4.79 Å². The van der Waals surface area contributed by atoms with Crippen molar-refractivity contribution in [3.05, 3.63) is 101 Å². The monoisotopic (exact) mass is 514 g/mol. The minimum atomic E-state index is -3.77. The van der Waals surface area contributed by atoms with Crippen molar-refractivity contribution < 1.29 is 22.7 Å². The molecular formula is C26H27ClN2O5S. The Kier molecular flexibility index (Phi) is 9.03. The maximum Gasteiger partial charge on any atom is 0.340 e. The molecule has 0 fully saturated rings. The van der Waals surface area contributed by atoms with Gasteiger partial charge in [0.05, 0.1) is 15.5 Å². The molecule has 0 aliphatic rings. The molecule has 1 amide bonds. The molecule has 35 heavy (non-hydrogen) atoms. The van der Waals surface area contributed by atoms with Gasteiger partial charge < -0.3 is 9.64 Å². The number of carbonyl (C=O) groups is 2. The first-order valence-corrected chi connectivity index (χ1v) is 12.7. The van der Waals surface area contributed by atoms with E-state index in [1.54, 1.807) is 4.90 Å². The summed E-state index contributed by atoms with van der Waals surface area (Å²) in [5.74, 6) is -1.24. The molecule has 0 aliphatic heterocycles. The zero-order valence-electron chi connectivity index (χ0n) is 19.6. The smallest absolute Gasteiger partial charge is 0.340 e. The third-order valence-corrected chi connectivity index (χ3v) is 7.49. The van der Waals surface area contributed by atoms with Gasteiger partial charge in [0.2, 0.25) is 10.0 Å². The Morgan fingerprint density at radius 3 is 2.09 bits per heavy atom. The molecule has 0 atom stereocenters. The van der Waals surface area contributed by atoms with E-state index in [-0.39, 0.29) is 21.4 Å². The summed E-state index contributed by atoms with van der Waals surface area (Å²) in [5, 5.41) is 0.0328. The molecule has 0 aliphatic carbocycles. The van der Waals surface area contributed by atoms with E-state index in [1.807, 2.05) is 60.7 Å². The summed E-state index contributed by atoms with van der Waals surface area (Å²) in [7, 11) is -0.998. The molecule has 3 rings (SSSR count). The first-order valence-electron chi connectivity index (χ1n) is 10.9. The van der Waals surface area contributed by atoms with E-state index in [1.165, 1.54) is 26.2 Å². The largest absolute Gasteiger partial charge is 0.452 e. The van der Waals surface area contributed by atoms with Crippen molar-refractivity contribution in [1.29, 1.82) is 0 Å². The number of esters is 1. The van der Waals surface area contributed by atoms with E-state index in [0.29, 0.717) is 19.5 Å². The third-order valence-electron chi connectivity index (χ3n) is 5.35. The van der Waals surface area contributed by atoms with Crippen molar-refractivity contribution >= 4 is 33.5 Å². The minimum Gasteiger partial charge on any atom is -0.452 e. The van der Waals surface area contributed by atoms with E-state index < -0.39 is 22.6 Å². The fourth-order valence-electron chi connectivity index (χ4n) is 3.33.